The molecule has 0 aromatic heterocycles. The van der Waals surface area contributed by atoms with Gasteiger partial charge < -0.3 is 5.11 Å². The van der Waals surface area contributed by atoms with Crippen LogP contribution < -0.4 is 0 Å². The average Bonchev–Trinajstić information content (AvgIpc) is 2.49. The Labute approximate surface area is 80.5 Å². The van der Waals surface area contributed by atoms with E-state index in [1.54, 1.807) is 0 Å². The number of hydrogen-bond donors (Lipinski definition) is 1. The normalized spacial score (nSPS) is 64.4. The maximum Gasteiger partial charge on any atom is 0.0576 e. The summed E-state index contributed by atoms with van der Waals surface area (Å²) in [5.41, 5.74) is 0.528. The second-order valence-electron chi connectivity index (χ2n) is 5.88. The van der Waals surface area contributed by atoms with Gasteiger partial charge in [-0.3, -0.25) is 0 Å². The van der Waals surface area contributed by atoms with Crippen LogP contribution in [-0.4, -0.2) is 11.2 Å². The van der Waals surface area contributed by atoms with Crippen LogP contribution in [0.2, 0.25) is 0 Å². The van der Waals surface area contributed by atoms with Crippen LogP contribution in [0.25, 0.3) is 0 Å². The Kier molecular flexibility index (Phi) is 1.47. The van der Waals surface area contributed by atoms with Gasteiger partial charge in [-0.1, -0.05) is 20.3 Å². The summed E-state index contributed by atoms with van der Waals surface area (Å²) in [7, 11) is 0. The lowest BCUT2D eigenvalue weighted by Crippen LogP contribution is -2.54. The van der Waals surface area contributed by atoms with Crippen molar-refractivity contribution in [2.24, 2.45) is 29.1 Å². The molecule has 0 spiro atoms. The summed E-state index contributed by atoms with van der Waals surface area (Å²) in [6.45, 7) is 4.84. The highest BCUT2D eigenvalue weighted by molar-refractivity contribution is 5.15. The molecule has 0 aromatic rings. The third-order valence-electron chi connectivity index (χ3n) is 5.41. The highest BCUT2D eigenvalue weighted by Crippen LogP contribution is 2.70. The van der Waals surface area contributed by atoms with Crippen LogP contribution in [0.3, 0.4) is 0 Å². The van der Waals surface area contributed by atoms with Crippen molar-refractivity contribution >= 4 is 0 Å². The van der Waals surface area contributed by atoms with Crippen molar-refractivity contribution < 1.29 is 5.11 Å². The largest absolute Gasteiger partial charge is 0.393 e. The van der Waals surface area contributed by atoms with E-state index >= 15 is 0 Å². The van der Waals surface area contributed by atoms with E-state index in [2.05, 4.69) is 13.8 Å². The second kappa shape index (κ2) is 2.31. The van der Waals surface area contributed by atoms with Gasteiger partial charge in [0.25, 0.3) is 0 Å². The first-order valence-corrected chi connectivity index (χ1v) is 5.82. The molecule has 0 amide bonds. The summed E-state index contributed by atoms with van der Waals surface area (Å²) in [4.78, 5) is 0. The molecule has 3 aliphatic rings. The van der Waals surface area contributed by atoms with Crippen molar-refractivity contribution in [1.29, 1.82) is 0 Å². The summed E-state index contributed by atoms with van der Waals surface area (Å²) in [6, 6.07) is 0. The first kappa shape index (κ1) is 8.28. The van der Waals surface area contributed by atoms with Gasteiger partial charge in [-0.15, -0.1) is 0 Å². The Balaban J connectivity index is 1.92. The molecular weight excluding hydrogens is 160 g/mol. The Morgan fingerprint density at radius 1 is 1.15 bits per heavy atom. The predicted octanol–water partition coefficient (Wildman–Crippen LogP) is 2.44. The zero-order valence-electron chi connectivity index (χ0n) is 8.66. The Morgan fingerprint density at radius 3 is 2.69 bits per heavy atom. The molecule has 3 fully saturated rings. The Hall–Kier alpha value is -0.0400. The van der Waals surface area contributed by atoms with Gasteiger partial charge >= 0.3 is 0 Å². The van der Waals surface area contributed by atoms with E-state index in [-0.39, 0.29) is 6.10 Å². The Morgan fingerprint density at radius 2 is 1.92 bits per heavy atom. The zero-order chi connectivity index (χ0) is 9.22. The van der Waals surface area contributed by atoms with E-state index in [0.717, 1.165) is 24.2 Å². The smallest absolute Gasteiger partial charge is 0.0576 e. The molecule has 0 bridgehead atoms. The van der Waals surface area contributed by atoms with Crippen molar-refractivity contribution in [2.75, 3.05) is 0 Å². The number of aliphatic hydroxyl groups is 1. The first-order valence-electron chi connectivity index (χ1n) is 5.82. The maximum atomic E-state index is 9.92. The molecule has 0 aliphatic heterocycles. The third kappa shape index (κ3) is 0.782. The summed E-state index contributed by atoms with van der Waals surface area (Å²) in [5.74, 6) is 3.44. The summed E-state index contributed by atoms with van der Waals surface area (Å²) in [5, 5.41) is 9.92. The summed E-state index contributed by atoms with van der Waals surface area (Å²) < 4.78 is 0. The molecule has 1 N–H and O–H groups in total. The van der Waals surface area contributed by atoms with Crippen molar-refractivity contribution in [3.8, 4) is 0 Å². The van der Waals surface area contributed by atoms with Crippen LogP contribution in [0, 0.1) is 29.1 Å². The molecule has 0 saturated heterocycles. The first-order chi connectivity index (χ1) is 6.14. The topological polar surface area (TPSA) is 20.2 Å². The van der Waals surface area contributed by atoms with E-state index in [4.69, 9.17) is 0 Å². The molecule has 1 heteroatoms. The van der Waals surface area contributed by atoms with E-state index in [1.807, 2.05) is 0 Å². The van der Waals surface area contributed by atoms with Gasteiger partial charge in [0.15, 0.2) is 0 Å². The lowest BCUT2D eigenvalue weighted by atomic mass is 9.48. The number of hydrogen-bond acceptors (Lipinski definition) is 1. The van der Waals surface area contributed by atoms with Crippen molar-refractivity contribution in [3.63, 3.8) is 0 Å². The fourth-order valence-corrected chi connectivity index (χ4v) is 5.07. The zero-order valence-corrected chi connectivity index (χ0v) is 8.66. The monoisotopic (exact) mass is 180 g/mol. The third-order valence-corrected chi connectivity index (χ3v) is 5.41. The molecule has 0 radical (unpaired) electrons. The molecule has 0 aromatic carbocycles. The van der Waals surface area contributed by atoms with Crippen LogP contribution >= 0.6 is 0 Å². The van der Waals surface area contributed by atoms with Gasteiger partial charge in [0.2, 0.25) is 0 Å². The predicted molar refractivity (Wildman–Crippen MR) is 52.2 cm³/mol. The van der Waals surface area contributed by atoms with Crippen LogP contribution in [0.5, 0.6) is 0 Å². The Bertz CT molecular complexity index is 223. The van der Waals surface area contributed by atoms with E-state index in [9.17, 15) is 5.11 Å². The lowest BCUT2D eigenvalue weighted by Gasteiger charge is -2.57. The summed E-state index contributed by atoms with van der Waals surface area (Å²) >= 11 is 0. The molecule has 6 unspecified atom stereocenters. The van der Waals surface area contributed by atoms with Crippen LogP contribution in [0.4, 0.5) is 0 Å². The van der Waals surface area contributed by atoms with Crippen molar-refractivity contribution in [1.82, 2.24) is 0 Å². The number of rotatable bonds is 0. The molecule has 6 atom stereocenters. The maximum absolute atomic E-state index is 9.92. The van der Waals surface area contributed by atoms with Crippen LogP contribution in [-0.2, 0) is 0 Å². The van der Waals surface area contributed by atoms with E-state index in [1.165, 1.54) is 19.3 Å². The quantitative estimate of drug-likeness (QED) is 0.607. The molecule has 3 saturated carbocycles. The van der Waals surface area contributed by atoms with Gasteiger partial charge in [0.05, 0.1) is 6.10 Å². The van der Waals surface area contributed by atoms with Gasteiger partial charge in [-0.25, -0.2) is 0 Å². The molecule has 1 nitrogen and oxygen atoms in total. The van der Waals surface area contributed by atoms with Crippen molar-refractivity contribution in [3.05, 3.63) is 0 Å². The van der Waals surface area contributed by atoms with Crippen LogP contribution in [0.15, 0.2) is 0 Å². The molecular formula is C12H20O. The highest BCUT2D eigenvalue weighted by Gasteiger charge is 2.66. The van der Waals surface area contributed by atoms with Crippen molar-refractivity contribution in [2.45, 2.75) is 45.6 Å². The fourth-order valence-electron chi connectivity index (χ4n) is 5.07. The molecule has 13 heavy (non-hydrogen) atoms. The number of fused-ring (bicyclic) bond motifs is 4. The number of aliphatic hydroxyl groups excluding tert-OH is 1. The minimum Gasteiger partial charge on any atom is -0.393 e. The minimum atomic E-state index is 0.0385. The fraction of sp³-hybridized carbons (Fsp3) is 1.00. The van der Waals surface area contributed by atoms with Gasteiger partial charge in [0, 0.05) is 0 Å². The van der Waals surface area contributed by atoms with E-state index in [0.29, 0.717) is 11.3 Å². The summed E-state index contributed by atoms with van der Waals surface area (Å²) in [6.07, 6.45) is 5.19. The molecule has 0 heterocycles. The molecule has 74 valence electrons. The van der Waals surface area contributed by atoms with E-state index < -0.39 is 0 Å². The highest BCUT2D eigenvalue weighted by atomic mass is 16.3. The van der Waals surface area contributed by atoms with Gasteiger partial charge in [0.1, 0.15) is 0 Å². The van der Waals surface area contributed by atoms with Gasteiger partial charge in [-0.2, -0.15) is 0 Å². The van der Waals surface area contributed by atoms with Crippen LogP contribution in [0.1, 0.15) is 39.5 Å². The van der Waals surface area contributed by atoms with Gasteiger partial charge in [-0.05, 0) is 48.3 Å². The lowest BCUT2D eigenvalue weighted by molar-refractivity contribution is -0.120. The SMILES string of the molecule is CC1CCC2C1C1(C)CCC(O)C21. The molecule has 3 aliphatic carbocycles. The standard InChI is InChI=1S/C12H20O/c1-7-3-4-8-10(7)12(2)6-5-9(13)11(8)12/h7-11,13H,3-6H2,1-2H3. The minimum absolute atomic E-state index is 0.0385. The average molecular weight is 180 g/mol. The second-order valence-corrected chi connectivity index (χ2v) is 5.88. The molecule has 3 rings (SSSR count).